The first-order chi connectivity index (χ1) is 14.6. The fourth-order valence-corrected chi connectivity index (χ4v) is 4.03. The van der Waals surface area contributed by atoms with Gasteiger partial charge in [0.15, 0.2) is 0 Å². The minimum Gasteiger partial charge on any atom is -0.391 e. The molecule has 1 saturated heterocycles. The molecule has 0 aliphatic carbocycles. The van der Waals surface area contributed by atoms with Crippen LogP contribution in [0.2, 0.25) is 0 Å². The molecule has 0 radical (unpaired) electrons. The zero-order valence-electron chi connectivity index (χ0n) is 18.4. The lowest BCUT2D eigenvalue weighted by atomic mass is 9.85. The second kappa shape index (κ2) is 9.15. The number of nitrogens with zero attached hydrogens (tertiary/aromatic N) is 4. The number of aliphatic hydroxyl groups excluding tert-OH is 2. The number of likely N-dealkylation sites (N-methyl/N-ethyl adjacent to an activating group) is 1. The molecular weight excluding hydrogens is 398 g/mol. The van der Waals surface area contributed by atoms with Gasteiger partial charge in [0, 0.05) is 32.6 Å². The molecule has 1 aliphatic heterocycles. The number of carbonyl (C=O) groups excluding carboxylic acids is 2. The number of likely N-dealkylation sites (tertiary alicyclic amines) is 1. The molecule has 168 valence electrons. The summed E-state index contributed by atoms with van der Waals surface area (Å²) in [6.07, 6.45) is 0.647. The van der Waals surface area contributed by atoms with E-state index >= 15 is 0 Å². The smallest absolute Gasteiger partial charge is 0.248 e. The summed E-state index contributed by atoms with van der Waals surface area (Å²) >= 11 is 0. The highest BCUT2D eigenvalue weighted by molar-refractivity contribution is 5.90. The third-order valence-electron chi connectivity index (χ3n) is 5.57. The normalized spacial score (nSPS) is 21.0. The molecule has 1 fully saturated rings. The summed E-state index contributed by atoms with van der Waals surface area (Å²) in [6, 6.07) is 7.84. The Morgan fingerprint density at radius 1 is 1.26 bits per heavy atom. The highest BCUT2D eigenvalue weighted by atomic mass is 16.3. The number of hydrogen-bond acceptors (Lipinski definition) is 6. The monoisotopic (exact) mass is 429 g/mol. The summed E-state index contributed by atoms with van der Waals surface area (Å²) < 4.78 is 1.50. The maximum Gasteiger partial charge on any atom is 0.248 e. The molecule has 2 heterocycles. The molecule has 1 aliphatic rings. The predicted molar refractivity (Wildman–Crippen MR) is 114 cm³/mol. The topological polar surface area (TPSA) is 121 Å². The van der Waals surface area contributed by atoms with Gasteiger partial charge in [-0.05, 0) is 11.0 Å². The van der Waals surface area contributed by atoms with Crippen LogP contribution < -0.4 is 5.32 Å². The van der Waals surface area contributed by atoms with Crippen molar-refractivity contribution in [3.63, 3.8) is 0 Å². The molecule has 0 saturated carbocycles. The van der Waals surface area contributed by atoms with Gasteiger partial charge in [0.25, 0.3) is 0 Å². The quantitative estimate of drug-likeness (QED) is 0.626. The van der Waals surface area contributed by atoms with Crippen LogP contribution in [0.25, 0.3) is 0 Å². The summed E-state index contributed by atoms with van der Waals surface area (Å²) in [7, 11) is 1.51. The molecule has 3 rings (SSSR count). The largest absolute Gasteiger partial charge is 0.391 e. The minimum atomic E-state index is -0.751. The van der Waals surface area contributed by atoms with Crippen molar-refractivity contribution >= 4 is 11.8 Å². The van der Waals surface area contributed by atoms with Crippen molar-refractivity contribution in [1.82, 2.24) is 25.2 Å². The van der Waals surface area contributed by atoms with Gasteiger partial charge >= 0.3 is 0 Å². The first kappa shape index (κ1) is 22.9. The average Bonchev–Trinajstić information content (AvgIpc) is 3.33. The van der Waals surface area contributed by atoms with Crippen molar-refractivity contribution in [3.05, 3.63) is 47.8 Å². The van der Waals surface area contributed by atoms with E-state index in [9.17, 15) is 19.8 Å². The molecule has 0 bridgehead atoms. The lowest BCUT2D eigenvalue weighted by molar-refractivity contribution is -0.144. The van der Waals surface area contributed by atoms with Crippen molar-refractivity contribution in [2.45, 2.75) is 57.9 Å². The third kappa shape index (κ3) is 5.11. The zero-order chi connectivity index (χ0) is 22.8. The number of hydrogen-bond donors (Lipinski definition) is 3. The fraction of sp³-hybridized carbons (Fsp3) is 0.545. The van der Waals surface area contributed by atoms with Gasteiger partial charge in [0.1, 0.15) is 12.1 Å². The molecule has 4 atom stereocenters. The van der Waals surface area contributed by atoms with Crippen LogP contribution in [0.15, 0.2) is 36.5 Å². The van der Waals surface area contributed by atoms with Crippen LogP contribution in [0.5, 0.6) is 0 Å². The molecule has 3 N–H and O–H groups in total. The van der Waals surface area contributed by atoms with Crippen LogP contribution in [0, 0.1) is 5.41 Å². The lowest BCUT2D eigenvalue weighted by Crippen LogP contribution is -2.49. The molecule has 2 amide bonds. The van der Waals surface area contributed by atoms with E-state index in [-0.39, 0.29) is 31.2 Å². The van der Waals surface area contributed by atoms with Gasteiger partial charge in [0.05, 0.1) is 17.9 Å². The van der Waals surface area contributed by atoms with Crippen molar-refractivity contribution < 1.29 is 19.8 Å². The molecule has 1 aromatic heterocycles. The van der Waals surface area contributed by atoms with Crippen molar-refractivity contribution in [3.8, 4) is 0 Å². The number of β-amino-alcohol motifs (C(OH)–C–C–N with tert-alkyl or cyclic N) is 1. The number of aromatic nitrogens is 3. The molecule has 0 spiro atoms. The molecule has 1 aromatic carbocycles. The van der Waals surface area contributed by atoms with Crippen LogP contribution in [0.1, 0.15) is 50.6 Å². The summed E-state index contributed by atoms with van der Waals surface area (Å²) in [5.74, 6) is -0.597. The first-order valence-corrected chi connectivity index (χ1v) is 10.5. The summed E-state index contributed by atoms with van der Waals surface area (Å²) in [5, 5.41) is 31.5. The van der Waals surface area contributed by atoms with Crippen molar-refractivity contribution in [2.24, 2.45) is 5.41 Å². The number of rotatable bonds is 6. The van der Waals surface area contributed by atoms with E-state index in [1.807, 2.05) is 51.1 Å². The summed E-state index contributed by atoms with van der Waals surface area (Å²) in [6.45, 7) is 5.84. The SMILES string of the molecule is CNC(=O)C1CC(O)CN1C(=O)C(n1cc(CC(O)c2ccccc2)nn1)C(C)(C)C. The first-order valence-electron chi connectivity index (χ1n) is 10.5. The van der Waals surface area contributed by atoms with Crippen LogP contribution >= 0.6 is 0 Å². The Bertz CT molecular complexity index is 908. The van der Waals surface area contributed by atoms with Crippen molar-refractivity contribution in [2.75, 3.05) is 13.6 Å². The number of carbonyl (C=O) groups is 2. The standard InChI is InChI=1S/C22H31N5O4/c1-22(2,3)19(21(31)26-13-16(28)11-17(26)20(30)23-4)27-12-15(24-25-27)10-18(29)14-8-6-5-7-9-14/h5-9,12,16-19,28-29H,10-11,13H2,1-4H3,(H,23,30). The van der Waals surface area contributed by atoms with Gasteiger partial charge in [-0.1, -0.05) is 56.3 Å². The van der Waals surface area contributed by atoms with E-state index < -0.39 is 29.7 Å². The van der Waals surface area contributed by atoms with Crippen LogP contribution in [0.4, 0.5) is 0 Å². The predicted octanol–water partition coefficient (Wildman–Crippen LogP) is 0.849. The van der Waals surface area contributed by atoms with E-state index in [2.05, 4.69) is 15.6 Å². The van der Waals surface area contributed by atoms with Crippen LogP contribution in [0.3, 0.4) is 0 Å². The van der Waals surface area contributed by atoms with Gasteiger partial charge in [-0.25, -0.2) is 4.68 Å². The van der Waals surface area contributed by atoms with Crippen molar-refractivity contribution in [1.29, 1.82) is 0 Å². The number of nitrogens with one attached hydrogen (secondary N) is 1. The maximum atomic E-state index is 13.5. The minimum absolute atomic E-state index is 0.0950. The lowest BCUT2D eigenvalue weighted by Gasteiger charge is -2.34. The number of amides is 2. The van der Waals surface area contributed by atoms with Gasteiger partial charge in [-0.2, -0.15) is 0 Å². The number of aliphatic hydroxyl groups is 2. The van der Waals surface area contributed by atoms with Crippen LogP contribution in [-0.4, -0.2) is 67.7 Å². The maximum absolute atomic E-state index is 13.5. The van der Waals surface area contributed by atoms with E-state index in [1.54, 1.807) is 6.20 Å². The Hall–Kier alpha value is -2.78. The zero-order valence-corrected chi connectivity index (χ0v) is 18.4. The Balaban J connectivity index is 1.83. The molecule has 31 heavy (non-hydrogen) atoms. The molecule has 9 heteroatoms. The molecule has 2 aromatic rings. The second-order valence-corrected chi connectivity index (χ2v) is 9.10. The Morgan fingerprint density at radius 2 is 1.94 bits per heavy atom. The molecular formula is C22H31N5O4. The third-order valence-corrected chi connectivity index (χ3v) is 5.57. The highest BCUT2D eigenvalue weighted by Crippen LogP contribution is 2.34. The molecule has 9 nitrogen and oxygen atoms in total. The van der Waals surface area contributed by atoms with E-state index in [4.69, 9.17) is 0 Å². The van der Waals surface area contributed by atoms with Gasteiger partial charge in [0.2, 0.25) is 11.8 Å². The Kier molecular flexibility index (Phi) is 6.76. The molecule has 4 unspecified atom stereocenters. The Labute approximate surface area is 182 Å². The van der Waals surface area contributed by atoms with Gasteiger partial charge < -0.3 is 20.4 Å². The summed E-state index contributed by atoms with van der Waals surface area (Å²) in [5.41, 5.74) is 0.809. The summed E-state index contributed by atoms with van der Waals surface area (Å²) in [4.78, 5) is 27.2. The van der Waals surface area contributed by atoms with E-state index in [1.165, 1.54) is 16.6 Å². The van der Waals surface area contributed by atoms with E-state index in [0.29, 0.717) is 5.69 Å². The fourth-order valence-electron chi connectivity index (χ4n) is 4.03. The van der Waals surface area contributed by atoms with Crippen LogP contribution in [-0.2, 0) is 16.0 Å². The highest BCUT2D eigenvalue weighted by Gasteiger charge is 2.45. The number of benzene rings is 1. The second-order valence-electron chi connectivity index (χ2n) is 9.10. The van der Waals surface area contributed by atoms with E-state index in [0.717, 1.165) is 5.56 Å². The van der Waals surface area contributed by atoms with Gasteiger partial charge in [-0.15, -0.1) is 5.10 Å². The Morgan fingerprint density at radius 3 is 2.55 bits per heavy atom. The van der Waals surface area contributed by atoms with Gasteiger partial charge in [-0.3, -0.25) is 9.59 Å². The average molecular weight is 430 g/mol.